The molecule has 0 bridgehead atoms. The van der Waals surface area contributed by atoms with Gasteiger partial charge in [-0.15, -0.1) is 24.0 Å². The smallest absolute Gasteiger partial charge is 0.159 e. The molecule has 1 unspecified atom stereocenters. The van der Waals surface area contributed by atoms with E-state index in [-0.39, 0.29) is 30.1 Å². The number of nitrogens with zero attached hydrogens (tertiary/aromatic N) is 5. The fourth-order valence-electron chi connectivity index (χ4n) is 7.40. The van der Waals surface area contributed by atoms with Crippen LogP contribution < -0.4 is 5.32 Å². The lowest BCUT2D eigenvalue weighted by Gasteiger charge is -2.23. The van der Waals surface area contributed by atoms with E-state index in [4.69, 9.17) is 15.0 Å². The van der Waals surface area contributed by atoms with Gasteiger partial charge >= 0.3 is 0 Å². The van der Waals surface area contributed by atoms with Gasteiger partial charge in [0.1, 0.15) is 17.7 Å². The molecule has 0 amide bonds. The van der Waals surface area contributed by atoms with Crippen molar-refractivity contribution >= 4 is 79.3 Å². The number of rotatable bonds is 5. The molecule has 0 spiro atoms. The minimum absolute atomic E-state index is 0. The maximum Gasteiger partial charge on any atom is 0.159 e. The molecule has 51 heavy (non-hydrogen) atoms. The van der Waals surface area contributed by atoms with Gasteiger partial charge < -0.3 is 9.88 Å². The summed E-state index contributed by atoms with van der Waals surface area (Å²) < 4.78 is 4.66. The van der Waals surface area contributed by atoms with Gasteiger partial charge in [-0.3, -0.25) is 4.57 Å². The van der Waals surface area contributed by atoms with Crippen LogP contribution in [0.15, 0.2) is 180 Å². The van der Waals surface area contributed by atoms with E-state index in [1.165, 1.54) is 32.6 Å². The number of nitrogens with one attached hydrogen (secondary N) is 1. The molecular weight excluding hydrogens is 739 g/mol. The van der Waals surface area contributed by atoms with Gasteiger partial charge in [0.15, 0.2) is 11.7 Å². The van der Waals surface area contributed by atoms with E-state index in [0.29, 0.717) is 11.7 Å². The van der Waals surface area contributed by atoms with Gasteiger partial charge in [0.25, 0.3) is 0 Å². The van der Waals surface area contributed by atoms with E-state index >= 15 is 0 Å². The van der Waals surface area contributed by atoms with Gasteiger partial charge in [-0.25, -0.2) is 15.0 Å². The Morgan fingerprint density at radius 3 is 1.75 bits per heavy atom. The monoisotopic (exact) mass is 770 g/mol. The van der Waals surface area contributed by atoms with Crippen molar-refractivity contribution in [2.45, 2.75) is 6.17 Å². The van der Waals surface area contributed by atoms with Crippen molar-refractivity contribution in [3.63, 3.8) is 0 Å². The molecule has 0 radical (unpaired) electrons. The number of para-hydroxylation sites is 3. The molecule has 9 aromatic rings. The van der Waals surface area contributed by atoms with E-state index in [0.717, 1.165) is 39.4 Å². The summed E-state index contributed by atoms with van der Waals surface area (Å²) in [7, 11) is 0. The van der Waals surface area contributed by atoms with E-state index in [1.807, 2.05) is 54.6 Å². The molecule has 6 aromatic carbocycles. The lowest BCUT2D eigenvalue weighted by molar-refractivity contribution is 0.672. The third-order valence-corrected chi connectivity index (χ3v) is 9.58. The standard InChI is InChI=1S/C44H30N6.HI/c1-4-15-29(16-5-1)42-46-43(30-17-6-2-7-18-30)48-44(47-42)34-23-14-26-39(45-34)50-36-25-13-11-22-33(36)41-38(50)28-27-37-40(41)32-21-10-12-24-35(32)49(37)31-19-8-3-9-20-31;/h1-28,42H,(H,46,47,48);1H. The minimum atomic E-state index is -0.298. The average Bonchev–Trinajstić information content (AvgIpc) is 3.72. The summed E-state index contributed by atoms with van der Waals surface area (Å²) >= 11 is 0. The van der Waals surface area contributed by atoms with Crippen LogP contribution in [0, 0.1) is 0 Å². The van der Waals surface area contributed by atoms with Crippen LogP contribution in [0.5, 0.6) is 0 Å². The van der Waals surface area contributed by atoms with Crippen molar-refractivity contribution in [2.75, 3.05) is 0 Å². The molecule has 0 saturated carbocycles. The van der Waals surface area contributed by atoms with E-state index in [9.17, 15) is 0 Å². The zero-order valence-electron chi connectivity index (χ0n) is 27.4. The Bertz CT molecular complexity index is 2780. The molecule has 0 fully saturated rings. The zero-order valence-corrected chi connectivity index (χ0v) is 29.7. The Hall–Kier alpha value is -6.06. The molecule has 10 rings (SSSR count). The average molecular weight is 771 g/mol. The highest BCUT2D eigenvalue weighted by atomic mass is 127. The van der Waals surface area contributed by atoms with E-state index in [2.05, 4.69) is 130 Å². The van der Waals surface area contributed by atoms with Crippen molar-refractivity contribution in [2.24, 2.45) is 9.98 Å². The van der Waals surface area contributed by atoms with Crippen molar-refractivity contribution in [1.82, 2.24) is 19.4 Å². The quantitative estimate of drug-likeness (QED) is 0.177. The molecule has 1 N–H and O–H groups in total. The Labute approximate surface area is 311 Å². The fourth-order valence-corrected chi connectivity index (χ4v) is 7.40. The van der Waals surface area contributed by atoms with Crippen LogP contribution in [-0.4, -0.2) is 25.8 Å². The highest BCUT2D eigenvalue weighted by molar-refractivity contribution is 14.0. The molecule has 4 heterocycles. The summed E-state index contributed by atoms with van der Waals surface area (Å²) in [5.41, 5.74) is 8.48. The number of benzene rings is 6. The maximum absolute atomic E-state index is 5.30. The number of aromatic nitrogens is 3. The predicted octanol–water partition coefficient (Wildman–Crippen LogP) is 10.4. The number of aliphatic imine (C=N–C) groups is 2. The van der Waals surface area contributed by atoms with Crippen LogP contribution in [0.4, 0.5) is 0 Å². The third kappa shape index (κ3) is 5.11. The summed E-state index contributed by atoms with van der Waals surface area (Å²) in [6.07, 6.45) is -0.298. The lowest BCUT2D eigenvalue weighted by Crippen LogP contribution is -2.34. The number of amidine groups is 2. The van der Waals surface area contributed by atoms with Gasteiger partial charge in [0, 0.05) is 32.8 Å². The van der Waals surface area contributed by atoms with Crippen molar-refractivity contribution in [3.8, 4) is 11.5 Å². The first-order valence-electron chi connectivity index (χ1n) is 16.8. The Balaban J connectivity index is 0.00000348. The highest BCUT2D eigenvalue weighted by Gasteiger charge is 2.24. The summed E-state index contributed by atoms with van der Waals surface area (Å²) in [6.45, 7) is 0. The van der Waals surface area contributed by atoms with Crippen LogP contribution in [0.25, 0.3) is 55.1 Å². The second kappa shape index (κ2) is 12.7. The number of fused-ring (bicyclic) bond motifs is 7. The van der Waals surface area contributed by atoms with E-state index in [1.54, 1.807) is 0 Å². The first-order chi connectivity index (χ1) is 24.8. The van der Waals surface area contributed by atoms with Crippen molar-refractivity contribution < 1.29 is 0 Å². The lowest BCUT2D eigenvalue weighted by atomic mass is 10.1. The summed E-state index contributed by atoms with van der Waals surface area (Å²) in [6, 6.07) is 59.0. The molecular formula is C44H31IN6. The van der Waals surface area contributed by atoms with Gasteiger partial charge in [0.05, 0.1) is 22.1 Å². The molecule has 3 aromatic heterocycles. The SMILES string of the molecule is I.c1ccc(C2=NC(c3ccccc3)NC(c3cccc(-n4c5ccccc5c5c6c7ccccc7n(-c7ccccc7)c6ccc54)n3)=N2)cc1. The first-order valence-corrected chi connectivity index (χ1v) is 16.8. The van der Waals surface area contributed by atoms with Crippen LogP contribution in [0.2, 0.25) is 0 Å². The second-order valence-corrected chi connectivity index (χ2v) is 12.5. The minimum Gasteiger partial charge on any atom is -0.343 e. The largest absolute Gasteiger partial charge is 0.343 e. The highest BCUT2D eigenvalue weighted by Crippen LogP contribution is 2.42. The van der Waals surface area contributed by atoms with E-state index < -0.39 is 0 Å². The number of hydrogen-bond donors (Lipinski definition) is 1. The first kappa shape index (κ1) is 31.0. The molecule has 0 aliphatic carbocycles. The Kier molecular flexibility index (Phi) is 7.70. The third-order valence-electron chi connectivity index (χ3n) is 9.58. The van der Waals surface area contributed by atoms with Crippen LogP contribution in [0.1, 0.15) is 23.0 Å². The number of halogens is 1. The van der Waals surface area contributed by atoms with Crippen LogP contribution >= 0.6 is 24.0 Å². The predicted molar refractivity (Wildman–Crippen MR) is 220 cm³/mol. The van der Waals surface area contributed by atoms with Crippen LogP contribution in [0.3, 0.4) is 0 Å². The fraction of sp³-hybridized carbons (Fsp3) is 0.0227. The summed E-state index contributed by atoms with van der Waals surface area (Å²) in [5, 5.41) is 8.45. The Morgan fingerprint density at radius 1 is 0.490 bits per heavy atom. The van der Waals surface area contributed by atoms with Crippen molar-refractivity contribution in [3.05, 3.63) is 187 Å². The summed E-state index contributed by atoms with van der Waals surface area (Å²) in [4.78, 5) is 15.3. The molecule has 7 heteroatoms. The molecule has 1 atom stereocenters. The van der Waals surface area contributed by atoms with Gasteiger partial charge in [-0.1, -0.05) is 121 Å². The van der Waals surface area contributed by atoms with Gasteiger partial charge in [0.2, 0.25) is 0 Å². The molecule has 1 aliphatic heterocycles. The molecule has 0 saturated heterocycles. The number of hydrogen-bond acceptors (Lipinski definition) is 4. The normalized spacial score (nSPS) is 14.3. The Morgan fingerprint density at radius 2 is 1.06 bits per heavy atom. The topological polar surface area (TPSA) is 59.5 Å². The van der Waals surface area contributed by atoms with Crippen LogP contribution in [-0.2, 0) is 0 Å². The van der Waals surface area contributed by atoms with Gasteiger partial charge in [-0.05, 0) is 54.1 Å². The molecule has 6 nitrogen and oxygen atoms in total. The van der Waals surface area contributed by atoms with Gasteiger partial charge in [-0.2, -0.15) is 0 Å². The number of pyridine rings is 1. The molecule has 244 valence electrons. The zero-order chi connectivity index (χ0) is 33.0. The summed E-state index contributed by atoms with van der Waals surface area (Å²) in [5.74, 6) is 2.18. The maximum atomic E-state index is 5.30. The second-order valence-electron chi connectivity index (χ2n) is 12.5. The van der Waals surface area contributed by atoms with Crippen molar-refractivity contribution in [1.29, 1.82) is 0 Å². The molecule has 1 aliphatic rings.